The van der Waals surface area contributed by atoms with Crippen LogP contribution >= 0.6 is 0 Å². The van der Waals surface area contributed by atoms with Crippen LogP contribution < -0.4 is 5.32 Å². The van der Waals surface area contributed by atoms with Gasteiger partial charge in [-0.2, -0.15) is 0 Å². The number of amides is 1. The highest BCUT2D eigenvalue weighted by Crippen LogP contribution is 2.34. The number of nitrogens with one attached hydrogen (secondary N) is 1. The lowest BCUT2D eigenvalue weighted by Crippen LogP contribution is -2.53. The van der Waals surface area contributed by atoms with Crippen LogP contribution in [0.15, 0.2) is 24.5 Å². The Labute approximate surface area is 131 Å². The number of carbonyl (C=O) groups is 1. The van der Waals surface area contributed by atoms with Gasteiger partial charge in [0.15, 0.2) is 0 Å². The van der Waals surface area contributed by atoms with Crippen LogP contribution in [0.1, 0.15) is 38.2 Å². The molecule has 0 radical (unpaired) electrons. The molecule has 5 nitrogen and oxygen atoms in total. The van der Waals surface area contributed by atoms with Crippen LogP contribution in [0, 0.1) is 0 Å². The van der Waals surface area contributed by atoms with Crippen LogP contribution in [0.25, 0.3) is 0 Å². The number of piperidine rings is 1. The number of rotatable bonds is 4. The molecule has 2 aliphatic heterocycles. The zero-order chi connectivity index (χ0) is 15.7. The van der Waals surface area contributed by atoms with Gasteiger partial charge in [-0.25, -0.2) is 0 Å². The minimum absolute atomic E-state index is 0.0878. The largest absolute Gasteiger partial charge is 0.395 e. The van der Waals surface area contributed by atoms with Crippen molar-refractivity contribution in [2.45, 2.75) is 56.1 Å². The highest BCUT2D eigenvalue weighted by atomic mass is 16.3. The van der Waals surface area contributed by atoms with Crippen molar-refractivity contribution in [2.75, 3.05) is 13.7 Å². The molecule has 3 atom stereocenters. The van der Waals surface area contributed by atoms with E-state index in [1.54, 1.807) is 31.5 Å². The van der Waals surface area contributed by atoms with E-state index in [-0.39, 0.29) is 18.6 Å². The standard InChI is InChI=1S/C17H25N3O2/c1-17(11-21,12-5-7-18-8-6-12)16(22)19-13-9-14-3-4-15(10-13)20(14)2/h5-8,13-15,21H,3-4,9-11H2,1-2H3,(H,19,22). The quantitative estimate of drug-likeness (QED) is 0.873. The number of pyridine rings is 1. The third-order valence-electron chi connectivity index (χ3n) is 5.57. The third kappa shape index (κ3) is 2.63. The summed E-state index contributed by atoms with van der Waals surface area (Å²) in [6.45, 7) is 1.59. The first-order valence-electron chi connectivity index (χ1n) is 8.09. The predicted molar refractivity (Wildman–Crippen MR) is 84.4 cm³/mol. The van der Waals surface area contributed by atoms with Gasteiger partial charge in [-0.1, -0.05) is 0 Å². The molecule has 2 aliphatic rings. The minimum Gasteiger partial charge on any atom is -0.395 e. The first-order valence-corrected chi connectivity index (χ1v) is 8.09. The molecule has 22 heavy (non-hydrogen) atoms. The van der Waals surface area contributed by atoms with Gasteiger partial charge in [-0.3, -0.25) is 9.78 Å². The summed E-state index contributed by atoms with van der Waals surface area (Å²) < 4.78 is 0. The Morgan fingerprint density at radius 2 is 1.95 bits per heavy atom. The van der Waals surface area contributed by atoms with Crippen molar-refractivity contribution in [1.29, 1.82) is 0 Å². The van der Waals surface area contributed by atoms with E-state index in [4.69, 9.17) is 0 Å². The molecule has 1 aromatic heterocycles. The van der Waals surface area contributed by atoms with Crippen LogP contribution in [0.5, 0.6) is 0 Å². The van der Waals surface area contributed by atoms with Crippen LogP contribution in [0.3, 0.4) is 0 Å². The summed E-state index contributed by atoms with van der Waals surface area (Å²) in [6, 6.07) is 4.99. The average Bonchev–Trinajstić information content (AvgIpc) is 2.76. The van der Waals surface area contributed by atoms with Crippen LogP contribution in [0.4, 0.5) is 0 Å². The molecule has 3 rings (SSSR count). The maximum atomic E-state index is 12.8. The second-order valence-corrected chi connectivity index (χ2v) is 6.92. The first kappa shape index (κ1) is 15.4. The molecule has 5 heteroatoms. The van der Waals surface area contributed by atoms with E-state index in [1.807, 2.05) is 0 Å². The van der Waals surface area contributed by atoms with Gasteiger partial charge in [0, 0.05) is 30.5 Å². The van der Waals surface area contributed by atoms with Gasteiger partial charge in [0.05, 0.1) is 12.0 Å². The first-order chi connectivity index (χ1) is 10.5. The predicted octanol–water partition coefficient (Wildman–Crippen LogP) is 1.07. The van der Waals surface area contributed by atoms with E-state index in [9.17, 15) is 9.90 Å². The summed E-state index contributed by atoms with van der Waals surface area (Å²) in [5, 5.41) is 13.0. The Morgan fingerprint density at radius 3 is 2.50 bits per heavy atom. The van der Waals surface area contributed by atoms with Crippen molar-refractivity contribution in [3.8, 4) is 0 Å². The molecule has 3 unspecified atom stereocenters. The summed E-state index contributed by atoms with van der Waals surface area (Å²) in [5.41, 5.74) is -0.107. The van der Waals surface area contributed by atoms with Crippen molar-refractivity contribution < 1.29 is 9.90 Å². The molecule has 2 fully saturated rings. The Kier molecular flexibility index (Phi) is 4.19. The number of hydrogen-bond donors (Lipinski definition) is 2. The molecule has 2 saturated heterocycles. The van der Waals surface area contributed by atoms with E-state index < -0.39 is 5.41 Å². The maximum Gasteiger partial charge on any atom is 0.232 e. The fraction of sp³-hybridized carbons (Fsp3) is 0.647. The molecule has 2 N–H and O–H groups in total. The SMILES string of the molecule is CN1C2CCC1CC(NC(=O)C(C)(CO)c1ccncc1)C2. The number of aromatic nitrogens is 1. The van der Waals surface area contributed by atoms with Gasteiger partial charge in [0.25, 0.3) is 0 Å². The number of fused-ring (bicyclic) bond motifs is 2. The van der Waals surface area contributed by atoms with E-state index in [0.717, 1.165) is 18.4 Å². The Balaban J connectivity index is 1.71. The van der Waals surface area contributed by atoms with E-state index in [1.165, 1.54) is 12.8 Å². The molecule has 2 bridgehead atoms. The molecule has 0 aromatic carbocycles. The Hall–Kier alpha value is -1.46. The monoisotopic (exact) mass is 303 g/mol. The lowest BCUT2D eigenvalue weighted by atomic mass is 9.82. The molecule has 3 heterocycles. The smallest absolute Gasteiger partial charge is 0.232 e. The summed E-state index contributed by atoms with van der Waals surface area (Å²) in [6.07, 6.45) is 7.80. The molecular weight excluding hydrogens is 278 g/mol. The number of carbonyl (C=O) groups excluding carboxylic acids is 1. The highest BCUT2D eigenvalue weighted by molar-refractivity contribution is 5.88. The van der Waals surface area contributed by atoms with Gasteiger partial charge in [-0.15, -0.1) is 0 Å². The van der Waals surface area contributed by atoms with Gasteiger partial charge in [-0.05, 0) is 57.4 Å². The number of aliphatic hydroxyl groups is 1. The van der Waals surface area contributed by atoms with E-state index in [2.05, 4.69) is 22.2 Å². The molecule has 0 spiro atoms. The van der Waals surface area contributed by atoms with E-state index >= 15 is 0 Å². The second kappa shape index (κ2) is 5.97. The summed E-state index contributed by atoms with van der Waals surface area (Å²) in [4.78, 5) is 19.2. The van der Waals surface area contributed by atoms with Gasteiger partial charge in [0.2, 0.25) is 5.91 Å². The average molecular weight is 303 g/mol. The molecule has 0 aliphatic carbocycles. The highest BCUT2D eigenvalue weighted by Gasteiger charge is 2.41. The van der Waals surface area contributed by atoms with Crippen LogP contribution in [-0.2, 0) is 10.2 Å². The second-order valence-electron chi connectivity index (χ2n) is 6.92. The Morgan fingerprint density at radius 1 is 1.36 bits per heavy atom. The minimum atomic E-state index is -0.911. The van der Waals surface area contributed by atoms with Gasteiger partial charge >= 0.3 is 0 Å². The molecule has 1 aromatic rings. The van der Waals surface area contributed by atoms with Crippen molar-refractivity contribution in [2.24, 2.45) is 0 Å². The number of aliphatic hydroxyl groups excluding tert-OH is 1. The van der Waals surface area contributed by atoms with E-state index in [0.29, 0.717) is 12.1 Å². The van der Waals surface area contributed by atoms with Crippen molar-refractivity contribution >= 4 is 5.91 Å². The third-order valence-corrected chi connectivity index (χ3v) is 5.57. The molecule has 1 amide bonds. The normalized spacial score (nSPS) is 30.8. The summed E-state index contributed by atoms with van der Waals surface area (Å²) >= 11 is 0. The van der Waals surface area contributed by atoms with Crippen LogP contribution in [-0.4, -0.2) is 52.7 Å². The van der Waals surface area contributed by atoms with Crippen molar-refractivity contribution in [1.82, 2.24) is 15.2 Å². The lowest BCUT2D eigenvalue weighted by Gasteiger charge is -2.38. The van der Waals surface area contributed by atoms with Gasteiger partial charge in [0.1, 0.15) is 0 Å². The fourth-order valence-electron chi connectivity index (χ4n) is 3.89. The molecular formula is C17H25N3O2. The van der Waals surface area contributed by atoms with Crippen LogP contribution in [0.2, 0.25) is 0 Å². The van der Waals surface area contributed by atoms with Gasteiger partial charge < -0.3 is 15.3 Å². The Bertz CT molecular complexity index is 522. The number of hydrogen-bond acceptors (Lipinski definition) is 4. The number of nitrogens with zero attached hydrogens (tertiary/aromatic N) is 2. The zero-order valence-electron chi connectivity index (χ0n) is 13.3. The van der Waals surface area contributed by atoms with Crippen molar-refractivity contribution in [3.63, 3.8) is 0 Å². The molecule has 120 valence electrons. The maximum absolute atomic E-state index is 12.8. The van der Waals surface area contributed by atoms with Crippen molar-refractivity contribution in [3.05, 3.63) is 30.1 Å². The summed E-state index contributed by atoms with van der Waals surface area (Å²) in [5.74, 6) is -0.0878. The lowest BCUT2D eigenvalue weighted by molar-refractivity contribution is -0.128. The molecule has 0 saturated carbocycles. The zero-order valence-corrected chi connectivity index (χ0v) is 13.3. The fourth-order valence-corrected chi connectivity index (χ4v) is 3.89. The topological polar surface area (TPSA) is 65.5 Å². The summed E-state index contributed by atoms with van der Waals surface area (Å²) in [7, 11) is 2.19.